The third-order valence-electron chi connectivity index (χ3n) is 2.51. The van der Waals surface area contributed by atoms with Gasteiger partial charge in [-0.25, -0.2) is 4.79 Å². The van der Waals surface area contributed by atoms with Crippen LogP contribution in [0.2, 0.25) is 0 Å². The first kappa shape index (κ1) is 14.3. The molecule has 2 aromatic carbocycles. The Labute approximate surface area is 132 Å². The molecule has 0 aliphatic heterocycles. The minimum absolute atomic E-state index is 0.255. The fourth-order valence-electron chi connectivity index (χ4n) is 1.49. The molecule has 0 saturated carbocycles. The van der Waals surface area contributed by atoms with Crippen LogP contribution in [0, 0.1) is 3.57 Å². The van der Waals surface area contributed by atoms with Gasteiger partial charge in [0.2, 0.25) is 0 Å². The molecule has 2 rings (SSSR count). The second-order valence-electron chi connectivity index (χ2n) is 3.85. The lowest BCUT2D eigenvalue weighted by Crippen LogP contribution is -2.00. The van der Waals surface area contributed by atoms with Crippen molar-refractivity contribution in [2.45, 2.75) is 6.61 Å². The Morgan fingerprint density at radius 1 is 1.21 bits per heavy atom. The van der Waals surface area contributed by atoms with Gasteiger partial charge in [0.25, 0.3) is 0 Å². The van der Waals surface area contributed by atoms with Crippen molar-refractivity contribution in [3.8, 4) is 5.75 Å². The molecule has 0 spiro atoms. The van der Waals surface area contributed by atoms with Crippen LogP contribution in [0.15, 0.2) is 46.9 Å². The molecule has 0 saturated heterocycles. The standard InChI is InChI=1S/C14H10BrIO3/c15-13-7-9(14(17)18)1-2-10(13)8-19-12-5-3-11(16)4-6-12/h1-7H,8H2,(H,17,18). The third kappa shape index (κ3) is 3.94. The maximum absolute atomic E-state index is 10.8. The molecule has 0 unspecified atom stereocenters. The van der Waals surface area contributed by atoms with Gasteiger partial charge in [-0.2, -0.15) is 0 Å². The molecule has 98 valence electrons. The molecule has 3 nitrogen and oxygen atoms in total. The molecule has 5 heteroatoms. The Balaban J connectivity index is 2.07. The van der Waals surface area contributed by atoms with E-state index in [-0.39, 0.29) is 5.56 Å². The molecule has 0 aromatic heterocycles. The van der Waals surface area contributed by atoms with Crippen molar-refractivity contribution in [1.29, 1.82) is 0 Å². The summed E-state index contributed by atoms with van der Waals surface area (Å²) in [6.07, 6.45) is 0. The number of hydrogen-bond donors (Lipinski definition) is 1. The lowest BCUT2D eigenvalue weighted by atomic mass is 10.1. The van der Waals surface area contributed by atoms with E-state index in [1.165, 1.54) is 0 Å². The summed E-state index contributed by atoms with van der Waals surface area (Å²) < 4.78 is 7.53. The van der Waals surface area contributed by atoms with Crippen LogP contribution in [-0.4, -0.2) is 11.1 Å². The largest absolute Gasteiger partial charge is 0.489 e. The lowest BCUT2D eigenvalue weighted by Gasteiger charge is -2.08. The van der Waals surface area contributed by atoms with Gasteiger partial charge in [0, 0.05) is 13.6 Å². The number of carboxylic acids is 1. The van der Waals surface area contributed by atoms with E-state index in [4.69, 9.17) is 9.84 Å². The zero-order chi connectivity index (χ0) is 13.8. The van der Waals surface area contributed by atoms with Gasteiger partial charge in [0.15, 0.2) is 0 Å². The molecule has 0 bridgehead atoms. The second-order valence-corrected chi connectivity index (χ2v) is 5.95. The van der Waals surface area contributed by atoms with Crippen LogP contribution >= 0.6 is 38.5 Å². The van der Waals surface area contributed by atoms with Gasteiger partial charge in [-0.05, 0) is 59.0 Å². The summed E-state index contributed by atoms with van der Waals surface area (Å²) in [6.45, 7) is 0.390. The number of aromatic carboxylic acids is 1. The van der Waals surface area contributed by atoms with E-state index < -0.39 is 5.97 Å². The van der Waals surface area contributed by atoms with Crippen LogP contribution in [-0.2, 0) is 6.61 Å². The highest BCUT2D eigenvalue weighted by molar-refractivity contribution is 14.1. The van der Waals surface area contributed by atoms with Crippen LogP contribution in [0.3, 0.4) is 0 Å². The van der Waals surface area contributed by atoms with Gasteiger partial charge in [-0.1, -0.05) is 22.0 Å². The van der Waals surface area contributed by atoms with Crippen molar-refractivity contribution in [3.63, 3.8) is 0 Å². The predicted molar refractivity (Wildman–Crippen MR) is 84.6 cm³/mol. The molecule has 1 N–H and O–H groups in total. The number of hydrogen-bond acceptors (Lipinski definition) is 2. The monoisotopic (exact) mass is 432 g/mol. The summed E-state index contributed by atoms with van der Waals surface area (Å²) in [5.74, 6) is -0.152. The third-order valence-corrected chi connectivity index (χ3v) is 3.97. The summed E-state index contributed by atoms with van der Waals surface area (Å²) in [5.41, 5.74) is 1.16. The smallest absolute Gasteiger partial charge is 0.335 e. The van der Waals surface area contributed by atoms with Crippen molar-refractivity contribution in [3.05, 3.63) is 61.6 Å². The van der Waals surface area contributed by atoms with Gasteiger partial charge in [-0.15, -0.1) is 0 Å². The Hall–Kier alpha value is -1.08. The van der Waals surface area contributed by atoms with Crippen molar-refractivity contribution >= 4 is 44.5 Å². The molecular weight excluding hydrogens is 423 g/mol. The summed E-state index contributed by atoms with van der Waals surface area (Å²) >= 11 is 5.59. The van der Waals surface area contributed by atoms with Crippen molar-refractivity contribution in [1.82, 2.24) is 0 Å². The SMILES string of the molecule is O=C(O)c1ccc(COc2ccc(I)cc2)c(Br)c1. The van der Waals surface area contributed by atoms with Crippen LogP contribution in [0.5, 0.6) is 5.75 Å². The van der Waals surface area contributed by atoms with Crippen molar-refractivity contribution in [2.75, 3.05) is 0 Å². The fourth-order valence-corrected chi connectivity index (χ4v) is 2.34. The van der Waals surface area contributed by atoms with Crippen LogP contribution in [0.1, 0.15) is 15.9 Å². The highest BCUT2D eigenvalue weighted by atomic mass is 127. The molecule has 0 heterocycles. The number of carboxylic acid groups (broad SMARTS) is 1. The lowest BCUT2D eigenvalue weighted by molar-refractivity contribution is 0.0696. The zero-order valence-corrected chi connectivity index (χ0v) is 13.5. The first-order chi connectivity index (χ1) is 9.06. The minimum atomic E-state index is -0.939. The zero-order valence-electron chi connectivity index (χ0n) is 9.77. The average Bonchev–Trinajstić information content (AvgIpc) is 2.39. The molecule has 19 heavy (non-hydrogen) atoms. The van der Waals surface area contributed by atoms with Crippen LogP contribution < -0.4 is 4.74 Å². The normalized spacial score (nSPS) is 10.2. The van der Waals surface area contributed by atoms with E-state index >= 15 is 0 Å². The van der Waals surface area contributed by atoms with E-state index in [0.29, 0.717) is 6.61 Å². The molecule has 2 aromatic rings. The van der Waals surface area contributed by atoms with E-state index in [2.05, 4.69) is 38.5 Å². The van der Waals surface area contributed by atoms with E-state index in [9.17, 15) is 4.79 Å². The fraction of sp³-hybridized carbons (Fsp3) is 0.0714. The van der Waals surface area contributed by atoms with Crippen LogP contribution in [0.4, 0.5) is 0 Å². The quantitative estimate of drug-likeness (QED) is 0.731. The van der Waals surface area contributed by atoms with Crippen LogP contribution in [0.25, 0.3) is 0 Å². The molecule has 0 aliphatic carbocycles. The van der Waals surface area contributed by atoms with Gasteiger partial charge in [0.05, 0.1) is 5.56 Å². The number of rotatable bonds is 4. The molecule has 0 aliphatic rings. The number of carbonyl (C=O) groups is 1. The van der Waals surface area contributed by atoms with Crippen molar-refractivity contribution < 1.29 is 14.6 Å². The van der Waals surface area contributed by atoms with Gasteiger partial charge >= 0.3 is 5.97 Å². The number of halogens is 2. The second kappa shape index (κ2) is 6.38. The van der Waals surface area contributed by atoms with E-state index in [1.54, 1.807) is 18.2 Å². The number of benzene rings is 2. The number of ether oxygens (including phenoxy) is 1. The van der Waals surface area contributed by atoms with Gasteiger partial charge < -0.3 is 9.84 Å². The Morgan fingerprint density at radius 2 is 1.89 bits per heavy atom. The maximum Gasteiger partial charge on any atom is 0.335 e. The molecule has 0 amide bonds. The summed E-state index contributed by atoms with van der Waals surface area (Å²) in [4.78, 5) is 10.8. The van der Waals surface area contributed by atoms with Gasteiger partial charge in [-0.3, -0.25) is 0 Å². The summed E-state index contributed by atoms with van der Waals surface area (Å²) in [5, 5.41) is 8.88. The Kier molecular flexibility index (Phi) is 4.81. The predicted octanol–water partition coefficient (Wildman–Crippen LogP) is 4.33. The van der Waals surface area contributed by atoms with Crippen molar-refractivity contribution in [2.24, 2.45) is 0 Å². The highest BCUT2D eigenvalue weighted by Crippen LogP contribution is 2.21. The van der Waals surface area contributed by atoms with E-state index in [1.807, 2.05) is 24.3 Å². The average molecular weight is 433 g/mol. The topological polar surface area (TPSA) is 46.5 Å². The molecule has 0 fully saturated rings. The van der Waals surface area contributed by atoms with Gasteiger partial charge in [0.1, 0.15) is 12.4 Å². The van der Waals surface area contributed by atoms with E-state index in [0.717, 1.165) is 19.4 Å². The first-order valence-electron chi connectivity index (χ1n) is 5.46. The first-order valence-corrected chi connectivity index (χ1v) is 7.33. The summed E-state index contributed by atoms with van der Waals surface area (Å²) in [7, 11) is 0. The Morgan fingerprint density at radius 3 is 2.47 bits per heavy atom. The molecule has 0 atom stereocenters. The maximum atomic E-state index is 10.8. The minimum Gasteiger partial charge on any atom is -0.489 e. The Bertz CT molecular complexity index is 596. The molecule has 0 radical (unpaired) electrons. The highest BCUT2D eigenvalue weighted by Gasteiger charge is 2.07. The summed E-state index contributed by atoms with van der Waals surface area (Å²) in [6, 6.07) is 12.6. The molecular formula is C14H10BrIO3.